The van der Waals surface area contributed by atoms with Crippen molar-refractivity contribution in [2.75, 3.05) is 5.32 Å². The van der Waals surface area contributed by atoms with Crippen molar-refractivity contribution in [2.24, 2.45) is 0 Å². The minimum atomic E-state index is -0.154. The van der Waals surface area contributed by atoms with E-state index >= 15 is 0 Å². The second kappa shape index (κ2) is 6.87. The standard InChI is InChI=1S/C20H18N6O/c1-14-11-18(15(2)26(14)19-5-3-4-10-22-19)20(27)24-16-6-8-17(9-7-16)25-13-21-12-23-25/h3-13H,1-2H3,(H,24,27). The molecule has 0 radical (unpaired) electrons. The van der Waals surface area contributed by atoms with Crippen molar-refractivity contribution < 1.29 is 4.79 Å². The first kappa shape index (κ1) is 16.7. The Balaban J connectivity index is 1.57. The minimum absolute atomic E-state index is 0.154. The van der Waals surface area contributed by atoms with Gasteiger partial charge in [-0.25, -0.2) is 14.6 Å². The van der Waals surface area contributed by atoms with Crippen molar-refractivity contribution in [3.63, 3.8) is 0 Å². The Labute approximate surface area is 156 Å². The van der Waals surface area contributed by atoms with E-state index in [2.05, 4.69) is 20.4 Å². The molecule has 1 N–H and O–H groups in total. The van der Waals surface area contributed by atoms with Crippen LogP contribution in [-0.2, 0) is 0 Å². The highest BCUT2D eigenvalue weighted by atomic mass is 16.1. The van der Waals surface area contributed by atoms with Gasteiger partial charge < -0.3 is 9.88 Å². The average molecular weight is 358 g/mol. The van der Waals surface area contributed by atoms with Crippen molar-refractivity contribution in [1.82, 2.24) is 24.3 Å². The summed E-state index contributed by atoms with van der Waals surface area (Å²) in [5.74, 6) is 0.641. The maximum absolute atomic E-state index is 12.8. The monoisotopic (exact) mass is 358 g/mol. The van der Waals surface area contributed by atoms with Crippen molar-refractivity contribution in [3.8, 4) is 11.5 Å². The molecular weight excluding hydrogens is 340 g/mol. The van der Waals surface area contributed by atoms with E-state index in [9.17, 15) is 4.79 Å². The summed E-state index contributed by atoms with van der Waals surface area (Å²) >= 11 is 0. The normalized spacial score (nSPS) is 10.7. The molecule has 0 aliphatic carbocycles. The van der Waals surface area contributed by atoms with Gasteiger partial charge >= 0.3 is 0 Å². The summed E-state index contributed by atoms with van der Waals surface area (Å²) in [6.07, 6.45) is 4.84. The molecule has 134 valence electrons. The van der Waals surface area contributed by atoms with Crippen molar-refractivity contribution in [1.29, 1.82) is 0 Å². The number of nitrogens with one attached hydrogen (secondary N) is 1. The molecule has 0 spiro atoms. The Morgan fingerprint density at radius 3 is 2.56 bits per heavy atom. The summed E-state index contributed by atoms with van der Waals surface area (Å²) in [7, 11) is 0. The second-order valence-electron chi connectivity index (χ2n) is 6.15. The van der Waals surface area contributed by atoms with Gasteiger partial charge in [-0.15, -0.1) is 0 Å². The third-order valence-corrected chi connectivity index (χ3v) is 4.36. The second-order valence-corrected chi connectivity index (χ2v) is 6.15. The molecule has 27 heavy (non-hydrogen) atoms. The number of hydrogen-bond acceptors (Lipinski definition) is 4. The van der Waals surface area contributed by atoms with E-state index in [0.717, 1.165) is 22.9 Å². The van der Waals surface area contributed by atoms with Gasteiger partial charge in [0.2, 0.25) is 0 Å². The summed E-state index contributed by atoms with van der Waals surface area (Å²) in [5, 5.41) is 7.03. The molecule has 0 fully saturated rings. The third-order valence-electron chi connectivity index (χ3n) is 4.36. The van der Waals surface area contributed by atoms with Crippen LogP contribution in [0.3, 0.4) is 0 Å². The summed E-state index contributed by atoms with van der Waals surface area (Å²) in [6.45, 7) is 3.88. The highest BCUT2D eigenvalue weighted by Crippen LogP contribution is 2.21. The fourth-order valence-electron chi connectivity index (χ4n) is 3.07. The van der Waals surface area contributed by atoms with Crippen LogP contribution in [0, 0.1) is 13.8 Å². The van der Waals surface area contributed by atoms with Crippen LogP contribution >= 0.6 is 0 Å². The van der Waals surface area contributed by atoms with Crippen LogP contribution in [0.15, 0.2) is 67.4 Å². The van der Waals surface area contributed by atoms with Gasteiger partial charge in [-0.1, -0.05) is 6.07 Å². The topological polar surface area (TPSA) is 77.6 Å². The molecular formula is C20H18N6O. The van der Waals surface area contributed by atoms with Crippen molar-refractivity contribution >= 4 is 11.6 Å². The number of hydrogen-bond donors (Lipinski definition) is 1. The molecule has 0 bridgehead atoms. The lowest BCUT2D eigenvalue weighted by atomic mass is 10.2. The SMILES string of the molecule is Cc1cc(C(=O)Nc2ccc(-n3cncn3)cc2)c(C)n1-c1ccccn1. The summed E-state index contributed by atoms with van der Waals surface area (Å²) < 4.78 is 3.63. The van der Waals surface area contributed by atoms with Crippen LogP contribution in [-0.4, -0.2) is 30.2 Å². The number of carbonyl (C=O) groups is 1. The van der Waals surface area contributed by atoms with E-state index in [-0.39, 0.29) is 5.91 Å². The molecule has 1 amide bonds. The van der Waals surface area contributed by atoms with E-state index in [0.29, 0.717) is 11.3 Å². The number of aryl methyl sites for hydroxylation is 1. The first-order chi connectivity index (χ1) is 13.1. The molecule has 0 aliphatic heterocycles. The third kappa shape index (κ3) is 3.22. The maximum Gasteiger partial charge on any atom is 0.257 e. The van der Waals surface area contributed by atoms with Crippen LogP contribution in [0.1, 0.15) is 21.7 Å². The molecule has 1 aromatic carbocycles. The Morgan fingerprint density at radius 2 is 1.89 bits per heavy atom. The highest BCUT2D eigenvalue weighted by Gasteiger charge is 2.17. The highest BCUT2D eigenvalue weighted by molar-refractivity contribution is 6.05. The van der Waals surface area contributed by atoms with Gasteiger partial charge in [-0.2, -0.15) is 5.10 Å². The number of rotatable bonds is 4. The molecule has 0 unspecified atom stereocenters. The lowest BCUT2D eigenvalue weighted by molar-refractivity contribution is 0.102. The van der Waals surface area contributed by atoms with Crippen LogP contribution < -0.4 is 5.32 Å². The zero-order valence-corrected chi connectivity index (χ0v) is 15.0. The molecule has 4 aromatic rings. The van der Waals surface area contributed by atoms with Crippen LogP contribution in [0.5, 0.6) is 0 Å². The van der Waals surface area contributed by atoms with E-state index in [1.54, 1.807) is 17.2 Å². The molecule has 7 nitrogen and oxygen atoms in total. The predicted molar refractivity (Wildman–Crippen MR) is 102 cm³/mol. The largest absolute Gasteiger partial charge is 0.322 e. The Hall–Kier alpha value is -3.74. The quantitative estimate of drug-likeness (QED) is 0.607. The zero-order valence-electron chi connectivity index (χ0n) is 15.0. The molecule has 3 heterocycles. The number of benzene rings is 1. The molecule has 0 atom stereocenters. The lowest BCUT2D eigenvalue weighted by Gasteiger charge is -2.09. The summed E-state index contributed by atoms with van der Waals surface area (Å²) in [5.41, 5.74) is 4.02. The molecule has 3 aromatic heterocycles. The minimum Gasteiger partial charge on any atom is -0.322 e. The van der Waals surface area contributed by atoms with Gasteiger partial charge in [0.15, 0.2) is 0 Å². The van der Waals surface area contributed by atoms with Gasteiger partial charge in [0, 0.05) is 23.3 Å². The Kier molecular flexibility index (Phi) is 4.25. The van der Waals surface area contributed by atoms with Gasteiger partial charge in [0.05, 0.1) is 11.3 Å². The summed E-state index contributed by atoms with van der Waals surface area (Å²) in [6, 6.07) is 15.0. The van der Waals surface area contributed by atoms with Gasteiger partial charge in [0.25, 0.3) is 5.91 Å². The van der Waals surface area contributed by atoms with Crippen LogP contribution in [0.25, 0.3) is 11.5 Å². The number of anilines is 1. The van der Waals surface area contributed by atoms with E-state index in [4.69, 9.17) is 0 Å². The Morgan fingerprint density at radius 1 is 1.07 bits per heavy atom. The fraction of sp³-hybridized carbons (Fsp3) is 0.100. The molecule has 0 saturated carbocycles. The van der Waals surface area contributed by atoms with Crippen molar-refractivity contribution in [3.05, 3.63) is 84.3 Å². The molecule has 0 aliphatic rings. The van der Waals surface area contributed by atoms with Gasteiger partial charge in [-0.05, 0) is 56.3 Å². The first-order valence-electron chi connectivity index (χ1n) is 8.50. The van der Waals surface area contributed by atoms with Gasteiger partial charge in [0.1, 0.15) is 18.5 Å². The molecule has 0 saturated heterocycles. The van der Waals surface area contributed by atoms with E-state index < -0.39 is 0 Å². The zero-order chi connectivity index (χ0) is 18.8. The van der Waals surface area contributed by atoms with Crippen molar-refractivity contribution in [2.45, 2.75) is 13.8 Å². The van der Waals surface area contributed by atoms with Gasteiger partial charge in [-0.3, -0.25) is 4.79 Å². The number of pyridine rings is 1. The van der Waals surface area contributed by atoms with E-state index in [1.807, 2.05) is 66.9 Å². The predicted octanol–water partition coefficient (Wildman–Crippen LogP) is 3.32. The molecule has 4 rings (SSSR count). The van der Waals surface area contributed by atoms with E-state index in [1.165, 1.54) is 6.33 Å². The summed E-state index contributed by atoms with van der Waals surface area (Å²) in [4.78, 5) is 21.1. The maximum atomic E-state index is 12.8. The molecule has 7 heteroatoms. The van der Waals surface area contributed by atoms with Crippen LogP contribution in [0.2, 0.25) is 0 Å². The smallest absolute Gasteiger partial charge is 0.257 e. The Bertz CT molecular complexity index is 1070. The average Bonchev–Trinajstić information content (AvgIpc) is 3.31. The lowest BCUT2D eigenvalue weighted by Crippen LogP contribution is -2.13. The number of amides is 1. The van der Waals surface area contributed by atoms with Crippen LogP contribution in [0.4, 0.5) is 5.69 Å². The first-order valence-corrected chi connectivity index (χ1v) is 8.50. The fourth-order valence-corrected chi connectivity index (χ4v) is 3.07. The number of aromatic nitrogens is 5. The number of nitrogens with zero attached hydrogens (tertiary/aromatic N) is 5. The number of carbonyl (C=O) groups excluding carboxylic acids is 1.